The number of rotatable bonds is 6. The summed E-state index contributed by atoms with van der Waals surface area (Å²) in [7, 11) is 0. The van der Waals surface area contributed by atoms with Gasteiger partial charge in [-0.05, 0) is 19.8 Å². The average Bonchev–Trinajstić information content (AvgIpc) is 2.11. The van der Waals surface area contributed by atoms with Crippen LogP contribution in [0.5, 0.6) is 0 Å². The molecule has 0 atom stereocenters. The van der Waals surface area contributed by atoms with Crippen LogP contribution >= 0.6 is 0 Å². The molecule has 0 unspecified atom stereocenters. The van der Waals surface area contributed by atoms with E-state index in [2.05, 4.69) is 12.2 Å². The van der Waals surface area contributed by atoms with Gasteiger partial charge in [0.25, 0.3) is 0 Å². The number of carbonyl (C=O) groups is 1. The standard InChI is InChI=1S/C10H20N2O/c1-4-6-7-12-9(5-2)8(3)10(11)13/h12H,4-7H2,1-3H3,(H2,11,13)/b9-8+. The monoisotopic (exact) mass is 184 g/mol. The highest BCUT2D eigenvalue weighted by molar-refractivity contribution is 5.91. The van der Waals surface area contributed by atoms with E-state index in [0.717, 1.165) is 31.5 Å². The first-order valence-electron chi connectivity index (χ1n) is 4.86. The molecule has 76 valence electrons. The van der Waals surface area contributed by atoms with Crippen LogP contribution in [0.1, 0.15) is 40.0 Å². The summed E-state index contributed by atoms with van der Waals surface area (Å²) in [6.45, 7) is 6.84. The second-order valence-corrected chi connectivity index (χ2v) is 3.10. The van der Waals surface area contributed by atoms with Crippen LogP contribution in [-0.4, -0.2) is 12.5 Å². The number of unbranched alkanes of at least 4 members (excludes halogenated alkanes) is 1. The van der Waals surface area contributed by atoms with Crippen molar-refractivity contribution in [2.24, 2.45) is 5.73 Å². The Morgan fingerprint density at radius 2 is 2.00 bits per heavy atom. The normalized spacial score (nSPS) is 12.2. The van der Waals surface area contributed by atoms with Crippen LogP contribution < -0.4 is 11.1 Å². The molecule has 0 aromatic carbocycles. The number of amides is 1. The van der Waals surface area contributed by atoms with Gasteiger partial charge in [0.1, 0.15) is 0 Å². The van der Waals surface area contributed by atoms with E-state index in [9.17, 15) is 4.79 Å². The van der Waals surface area contributed by atoms with Crippen molar-refractivity contribution < 1.29 is 4.79 Å². The van der Waals surface area contributed by atoms with E-state index in [-0.39, 0.29) is 5.91 Å². The lowest BCUT2D eigenvalue weighted by atomic mass is 10.2. The Hall–Kier alpha value is -0.990. The summed E-state index contributed by atoms with van der Waals surface area (Å²) < 4.78 is 0. The van der Waals surface area contributed by atoms with Crippen molar-refractivity contribution in [2.45, 2.75) is 40.0 Å². The molecule has 0 rings (SSSR count). The number of nitrogens with one attached hydrogen (secondary N) is 1. The van der Waals surface area contributed by atoms with Crippen LogP contribution in [0.15, 0.2) is 11.3 Å². The third-order valence-corrected chi connectivity index (χ3v) is 2.04. The lowest BCUT2D eigenvalue weighted by Gasteiger charge is -2.10. The van der Waals surface area contributed by atoms with Gasteiger partial charge < -0.3 is 11.1 Å². The number of allylic oxidation sites excluding steroid dienone is 1. The van der Waals surface area contributed by atoms with Crippen LogP contribution in [-0.2, 0) is 4.79 Å². The fourth-order valence-electron chi connectivity index (χ4n) is 1.09. The summed E-state index contributed by atoms with van der Waals surface area (Å²) in [6.07, 6.45) is 3.10. The Bertz CT molecular complexity index is 197. The third kappa shape index (κ3) is 4.55. The zero-order valence-electron chi connectivity index (χ0n) is 8.81. The highest BCUT2D eigenvalue weighted by Crippen LogP contribution is 2.04. The molecule has 0 heterocycles. The van der Waals surface area contributed by atoms with Crippen LogP contribution in [0.3, 0.4) is 0 Å². The van der Waals surface area contributed by atoms with Crippen molar-refractivity contribution in [3.05, 3.63) is 11.3 Å². The first-order valence-corrected chi connectivity index (χ1v) is 4.86. The molecule has 0 aromatic heterocycles. The highest BCUT2D eigenvalue weighted by Gasteiger charge is 2.04. The number of primary amides is 1. The van der Waals surface area contributed by atoms with Crippen LogP contribution in [0, 0.1) is 0 Å². The number of hydrogen-bond acceptors (Lipinski definition) is 2. The molecule has 0 fully saturated rings. The third-order valence-electron chi connectivity index (χ3n) is 2.04. The van der Waals surface area contributed by atoms with E-state index < -0.39 is 0 Å². The van der Waals surface area contributed by atoms with Gasteiger partial charge in [0.2, 0.25) is 5.91 Å². The van der Waals surface area contributed by atoms with Crippen molar-refractivity contribution >= 4 is 5.91 Å². The van der Waals surface area contributed by atoms with E-state index in [1.807, 2.05) is 6.92 Å². The molecule has 3 N–H and O–H groups in total. The first kappa shape index (κ1) is 12.0. The molecule has 3 heteroatoms. The summed E-state index contributed by atoms with van der Waals surface area (Å²) in [4.78, 5) is 10.9. The molecule has 0 aliphatic heterocycles. The molecule has 3 nitrogen and oxygen atoms in total. The second kappa shape index (κ2) is 6.52. The molecule has 0 spiro atoms. The Morgan fingerprint density at radius 1 is 1.38 bits per heavy atom. The van der Waals surface area contributed by atoms with Gasteiger partial charge in [-0.15, -0.1) is 0 Å². The minimum Gasteiger partial charge on any atom is -0.388 e. The van der Waals surface area contributed by atoms with Gasteiger partial charge in [-0.25, -0.2) is 0 Å². The maximum absolute atomic E-state index is 10.9. The molecule has 1 amide bonds. The Balaban J connectivity index is 4.15. The van der Waals surface area contributed by atoms with Gasteiger partial charge >= 0.3 is 0 Å². The smallest absolute Gasteiger partial charge is 0.246 e. The predicted octanol–water partition coefficient (Wildman–Crippen LogP) is 1.55. The Kier molecular flexibility index (Phi) is 6.02. The SMILES string of the molecule is CCCCN/C(CC)=C(\C)C(N)=O. The van der Waals surface area contributed by atoms with E-state index in [1.165, 1.54) is 0 Å². The number of hydrogen-bond donors (Lipinski definition) is 2. The van der Waals surface area contributed by atoms with Crippen LogP contribution in [0.4, 0.5) is 0 Å². The molecule has 13 heavy (non-hydrogen) atoms. The van der Waals surface area contributed by atoms with Gasteiger partial charge in [0.15, 0.2) is 0 Å². The predicted molar refractivity (Wildman–Crippen MR) is 55.1 cm³/mol. The molecular formula is C10H20N2O. The number of nitrogens with two attached hydrogens (primary N) is 1. The topological polar surface area (TPSA) is 55.1 Å². The van der Waals surface area contributed by atoms with Gasteiger partial charge in [-0.2, -0.15) is 0 Å². The molecule has 0 saturated carbocycles. The van der Waals surface area contributed by atoms with E-state index in [0.29, 0.717) is 5.57 Å². The van der Waals surface area contributed by atoms with E-state index >= 15 is 0 Å². The second-order valence-electron chi connectivity index (χ2n) is 3.10. The summed E-state index contributed by atoms with van der Waals surface area (Å²) in [5.74, 6) is -0.333. The molecule has 0 aliphatic rings. The van der Waals surface area contributed by atoms with Gasteiger partial charge in [0.05, 0.1) is 0 Å². The zero-order chi connectivity index (χ0) is 10.3. The quantitative estimate of drug-likeness (QED) is 0.486. The average molecular weight is 184 g/mol. The van der Waals surface area contributed by atoms with Crippen LogP contribution in [0.2, 0.25) is 0 Å². The number of carbonyl (C=O) groups excluding carboxylic acids is 1. The van der Waals surface area contributed by atoms with Crippen molar-refractivity contribution in [1.82, 2.24) is 5.32 Å². The maximum atomic E-state index is 10.9. The maximum Gasteiger partial charge on any atom is 0.246 e. The first-order chi connectivity index (χ1) is 6.13. The zero-order valence-corrected chi connectivity index (χ0v) is 8.81. The molecule has 0 saturated heterocycles. The summed E-state index contributed by atoms with van der Waals surface area (Å²) in [5.41, 5.74) is 6.80. The van der Waals surface area contributed by atoms with Gasteiger partial charge in [0, 0.05) is 17.8 Å². The van der Waals surface area contributed by atoms with E-state index in [1.54, 1.807) is 6.92 Å². The highest BCUT2D eigenvalue weighted by atomic mass is 16.1. The van der Waals surface area contributed by atoms with Crippen molar-refractivity contribution in [2.75, 3.05) is 6.54 Å². The summed E-state index contributed by atoms with van der Waals surface area (Å²) in [5, 5.41) is 3.23. The fourth-order valence-corrected chi connectivity index (χ4v) is 1.09. The Morgan fingerprint density at radius 3 is 2.38 bits per heavy atom. The van der Waals surface area contributed by atoms with E-state index in [4.69, 9.17) is 5.73 Å². The molecule has 0 aliphatic carbocycles. The lowest BCUT2D eigenvalue weighted by molar-refractivity contribution is -0.114. The molecule has 0 bridgehead atoms. The molecule has 0 aromatic rings. The largest absolute Gasteiger partial charge is 0.388 e. The molecule has 0 radical (unpaired) electrons. The van der Waals surface area contributed by atoms with Gasteiger partial charge in [-0.3, -0.25) is 4.79 Å². The van der Waals surface area contributed by atoms with Crippen LogP contribution in [0.25, 0.3) is 0 Å². The molecular weight excluding hydrogens is 164 g/mol. The minimum absolute atomic E-state index is 0.333. The summed E-state index contributed by atoms with van der Waals surface area (Å²) >= 11 is 0. The fraction of sp³-hybridized carbons (Fsp3) is 0.700. The van der Waals surface area contributed by atoms with Gasteiger partial charge in [-0.1, -0.05) is 20.3 Å². The van der Waals surface area contributed by atoms with Crippen molar-refractivity contribution in [3.8, 4) is 0 Å². The minimum atomic E-state index is -0.333. The lowest BCUT2D eigenvalue weighted by Crippen LogP contribution is -2.21. The van der Waals surface area contributed by atoms with Crippen molar-refractivity contribution in [3.63, 3.8) is 0 Å². The van der Waals surface area contributed by atoms with Crippen molar-refractivity contribution in [1.29, 1.82) is 0 Å². The summed E-state index contributed by atoms with van der Waals surface area (Å²) in [6, 6.07) is 0. The Labute approximate surface area is 80.4 Å².